The van der Waals surface area contributed by atoms with Gasteiger partial charge in [0.1, 0.15) is 0 Å². The monoisotopic (exact) mass is 436 g/mol. The highest BCUT2D eigenvalue weighted by molar-refractivity contribution is 7.92. The molecule has 2 aromatic rings. The van der Waals surface area contributed by atoms with Crippen LogP contribution in [-0.2, 0) is 14.8 Å². The number of nitrogens with zero attached hydrogens (tertiary/aromatic N) is 1. The average molecular weight is 437 g/mol. The predicted octanol–water partition coefficient (Wildman–Crippen LogP) is 3.88. The van der Waals surface area contributed by atoms with Gasteiger partial charge in [0, 0.05) is 12.7 Å². The van der Waals surface area contributed by atoms with Crippen molar-refractivity contribution in [1.82, 2.24) is 5.32 Å². The number of halogens is 1. The fourth-order valence-electron chi connectivity index (χ4n) is 2.75. The molecule has 1 amide bonds. The van der Waals surface area contributed by atoms with Crippen LogP contribution in [0.4, 0.5) is 5.69 Å². The molecule has 29 heavy (non-hydrogen) atoms. The molecule has 0 aliphatic carbocycles. The number of rotatable bonds is 10. The molecule has 0 saturated carbocycles. The topological polar surface area (TPSA) is 75.7 Å². The lowest BCUT2D eigenvalue weighted by Gasteiger charge is -2.24. The second-order valence-electron chi connectivity index (χ2n) is 6.34. The molecule has 156 valence electrons. The van der Waals surface area contributed by atoms with Gasteiger partial charge in [-0.1, -0.05) is 42.8 Å². The summed E-state index contributed by atoms with van der Waals surface area (Å²) in [5.41, 5.74) is 0.591. The van der Waals surface area contributed by atoms with Gasteiger partial charge in [-0.2, -0.15) is 0 Å². The lowest BCUT2D eigenvalue weighted by atomic mass is 10.2. The molecular formula is C21H25ClN2O4S. The van der Waals surface area contributed by atoms with Crippen molar-refractivity contribution in [3.63, 3.8) is 0 Å². The smallest absolute Gasteiger partial charge is 0.264 e. The Bertz CT molecular complexity index is 963. The molecule has 0 aliphatic heterocycles. The fraction of sp³-hybridized carbons (Fsp3) is 0.286. The summed E-state index contributed by atoms with van der Waals surface area (Å²) in [6, 6.07) is 12.4. The Morgan fingerprint density at radius 2 is 2.00 bits per heavy atom. The number of hydrogen-bond donors (Lipinski definition) is 1. The van der Waals surface area contributed by atoms with Crippen LogP contribution in [0.2, 0.25) is 5.02 Å². The molecule has 0 aliphatic rings. The van der Waals surface area contributed by atoms with Crippen LogP contribution in [0, 0.1) is 0 Å². The Kier molecular flexibility index (Phi) is 8.25. The Morgan fingerprint density at radius 3 is 2.62 bits per heavy atom. The van der Waals surface area contributed by atoms with E-state index in [4.69, 9.17) is 16.3 Å². The van der Waals surface area contributed by atoms with E-state index < -0.39 is 10.0 Å². The maximum atomic E-state index is 13.3. The van der Waals surface area contributed by atoms with Gasteiger partial charge >= 0.3 is 0 Å². The number of ether oxygens (including phenoxy) is 1. The van der Waals surface area contributed by atoms with Crippen molar-refractivity contribution in [3.8, 4) is 0 Å². The van der Waals surface area contributed by atoms with Crippen LogP contribution in [0.15, 0.2) is 66.1 Å². The highest BCUT2D eigenvalue weighted by Crippen LogP contribution is 2.30. The van der Waals surface area contributed by atoms with E-state index in [2.05, 4.69) is 11.9 Å². The van der Waals surface area contributed by atoms with Gasteiger partial charge in [0.2, 0.25) is 0 Å². The first-order valence-electron chi connectivity index (χ1n) is 9.13. The third-order valence-electron chi connectivity index (χ3n) is 4.30. The summed E-state index contributed by atoms with van der Waals surface area (Å²) in [6.45, 7) is 5.99. The van der Waals surface area contributed by atoms with Crippen molar-refractivity contribution in [1.29, 1.82) is 0 Å². The number of sulfonamides is 1. The molecule has 0 radical (unpaired) electrons. The number of carbonyl (C=O) groups is 1. The molecule has 8 heteroatoms. The molecule has 1 unspecified atom stereocenters. The second-order valence-corrected chi connectivity index (χ2v) is 8.61. The average Bonchev–Trinajstić information content (AvgIpc) is 2.72. The van der Waals surface area contributed by atoms with E-state index in [0.29, 0.717) is 23.7 Å². The molecule has 0 aromatic heterocycles. The molecule has 6 nitrogen and oxygen atoms in total. The first-order valence-corrected chi connectivity index (χ1v) is 10.9. The molecule has 0 bridgehead atoms. The van der Waals surface area contributed by atoms with Crippen LogP contribution < -0.4 is 9.62 Å². The molecule has 2 aromatic carbocycles. The zero-order chi connectivity index (χ0) is 21.4. The zero-order valence-electron chi connectivity index (χ0n) is 16.5. The van der Waals surface area contributed by atoms with Gasteiger partial charge in [-0.15, -0.1) is 6.58 Å². The highest BCUT2D eigenvalue weighted by Gasteiger charge is 2.26. The summed E-state index contributed by atoms with van der Waals surface area (Å²) in [6.07, 6.45) is 2.17. The molecule has 1 atom stereocenters. The van der Waals surface area contributed by atoms with Crippen molar-refractivity contribution < 1.29 is 17.9 Å². The van der Waals surface area contributed by atoms with E-state index >= 15 is 0 Å². The summed E-state index contributed by atoms with van der Waals surface area (Å²) in [7, 11) is -2.41. The number of carbonyl (C=O) groups excluding carboxylic acids is 1. The quantitative estimate of drug-likeness (QED) is 0.573. The van der Waals surface area contributed by atoms with Gasteiger partial charge in [0.15, 0.2) is 0 Å². The number of benzene rings is 2. The highest BCUT2D eigenvalue weighted by atomic mass is 35.5. The first-order chi connectivity index (χ1) is 13.8. The summed E-state index contributed by atoms with van der Waals surface area (Å²) in [5.74, 6) is -0.362. The summed E-state index contributed by atoms with van der Waals surface area (Å²) >= 11 is 6.22. The predicted molar refractivity (Wildman–Crippen MR) is 116 cm³/mol. The number of nitrogens with one attached hydrogen (secondary N) is 1. The van der Waals surface area contributed by atoms with Crippen LogP contribution >= 0.6 is 11.6 Å². The number of para-hydroxylation sites is 1. The van der Waals surface area contributed by atoms with Crippen molar-refractivity contribution in [2.75, 3.05) is 24.6 Å². The van der Waals surface area contributed by atoms with Crippen LogP contribution in [-0.4, -0.2) is 40.6 Å². The van der Waals surface area contributed by atoms with Crippen molar-refractivity contribution >= 4 is 33.2 Å². The third kappa shape index (κ3) is 5.59. The number of amides is 1. The molecular weight excluding hydrogens is 412 g/mol. The Balaban J connectivity index is 2.39. The van der Waals surface area contributed by atoms with Crippen LogP contribution in [0.1, 0.15) is 23.7 Å². The van der Waals surface area contributed by atoms with Crippen molar-refractivity contribution in [3.05, 3.63) is 71.8 Å². The van der Waals surface area contributed by atoms with Gasteiger partial charge in [-0.25, -0.2) is 8.42 Å². The van der Waals surface area contributed by atoms with E-state index in [0.717, 1.165) is 0 Å². The van der Waals surface area contributed by atoms with Crippen LogP contribution in [0.3, 0.4) is 0 Å². The molecule has 2 rings (SSSR count). The third-order valence-corrected chi connectivity index (χ3v) is 6.39. The fourth-order valence-corrected chi connectivity index (χ4v) is 4.54. The second kappa shape index (κ2) is 10.4. The maximum Gasteiger partial charge on any atom is 0.264 e. The van der Waals surface area contributed by atoms with E-state index in [-0.39, 0.29) is 29.0 Å². The molecule has 0 saturated heterocycles. The van der Waals surface area contributed by atoms with Crippen LogP contribution in [0.5, 0.6) is 0 Å². The van der Waals surface area contributed by atoms with Crippen molar-refractivity contribution in [2.24, 2.45) is 0 Å². The SMILES string of the molecule is C=CCN(c1ccccc1Cl)S(=O)(=O)c1cccc(C(=O)NC(CC)COC)c1. The molecule has 0 spiro atoms. The number of anilines is 1. The van der Waals surface area contributed by atoms with Gasteiger partial charge in [-0.05, 0) is 36.8 Å². The molecule has 0 fully saturated rings. The zero-order valence-corrected chi connectivity index (χ0v) is 18.0. The normalized spacial score (nSPS) is 12.2. The lowest BCUT2D eigenvalue weighted by molar-refractivity contribution is 0.0894. The van der Waals surface area contributed by atoms with Gasteiger partial charge in [0.05, 0.1) is 34.8 Å². The lowest BCUT2D eigenvalue weighted by Crippen LogP contribution is -2.37. The largest absolute Gasteiger partial charge is 0.383 e. The van der Waals surface area contributed by atoms with Gasteiger partial charge in [0.25, 0.3) is 15.9 Å². The van der Waals surface area contributed by atoms with Crippen molar-refractivity contribution in [2.45, 2.75) is 24.3 Å². The van der Waals surface area contributed by atoms with E-state index in [9.17, 15) is 13.2 Å². The molecule has 1 N–H and O–H groups in total. The minimum atomic E-state index is -3.97. The Hall–Kier alpha value is -2.35. The van der Waals surface area contributed by atoms with Crippen LogP contribution in [0.25, 0.3) is 0 Å². The minimum absolute atomic E-state index is 0.00768. The van der Waals surface area contributed by atoms with Gasteiger partial charge < -0.3 is 10.1 Å². The first kappa shape index (κ1) is 22.9. The van der Waals surface area contributed by atoms with E-state index in [1.54, 1.807) is 37.4 Å². The summed E-state index contributed by atoms with van der Waals surface area (Å²) < 4.78 is 32.9. The maximum absolute atomic E-state index is 13.3. The number of hydrogen-bond acceptors (Lipinski definition) is 4. The van der Waals surface area contributed by atoms with E-state index in [1.165, 1.54) is 28.6 Å². The Labute approximate surface area is 177 Å². The number of methoxy groups -OCH3 is 1. The standard InChI is InChI=1S/C21H25ClN2O4S/c1-4-13-24(20-12-7-6-11-19(20)22)29(26,27)18-10-8-9-16(14-18)21(25)23-17(5-2)15-28-3/h4,6-12,14,17H,1,5,13,15H2,2-3H3,(H,23,25). The van der Waals surface area contributed by atoms with Gasteiger partial charge in [-0.3, -0.25) is 9.10 Å². The molecule has 0 heterocycles. The summed E-state index contributed by atoms with van der Waals surface area (Å²) in [5, 5.41) is 3.15. The summed E-state index contributed by atoms with van der Waals surface area (Å²) in [4.78, 5) is 12.6. The Morgan fingerprint density at radius 1 is 1.28 bits per heavy atom. The minimum Gasteiger partial charge on any atom is -0.383 e. The van der Waals surface area contributed by atoms with E-state index in [1.807, 2.05) is 6.92 Å².